The van der Waals surface area contributed by atoms with Crippen LogP contribution in [0.15, 0.2) is 42.5 Å². The van der Waals surface area contributed by atoms with Crippen LogP contribution in [-0.4, -0.2) is 55.6 Å². The van der Waals surface area contributed by atoms with Crippen LogP contribution >= 0.6 is 0 Å². The first-order valence-corrected chi connectivity index (χ1v) is 10.4. The topological polar surface area (TPSA) is 74.3 Å². The van der Waals surface area contributed by atoms with Crippen molar-refractivity contribution in [2.24, 2.45) is 0 Å². The number of ketones is 1. The quantitative estimate of drug-likeness (QED) is 0.730. The van der Waals surface area contributed by atoms with Crippen molar-refractivity contribution in [3.05, 3.63) is 48.0 Å². The van der Waals surface area contributed by atoms with Gasteiger partial charge in [-0.2, -0.15) is 0 Å². The molecule has 2 aliphatic heterocycles. The van der Waals surface area contributed by atoms with Gasteiger partial charge in [0.25, 0.3) is 5.91 Å². The number of Topliss-reactive ketones (excluding diaryl/α,β-unsaturated/α-hetero) is 1. The number of rotatable bonds is 5. The molecular weight excluding hydrogens is 398 g/mol. The third kappa shape index (κ3) is 4.31. The van der Waals surface area contributed by atoms with Crippen molar-refractivity contribution in [1.29, 1.82) is 0 Å². The molecule has 0 radical (unpaired) electrons. The van der Waals surface area contributed by atoms with Crippen molar-refractivity contribution in [3.8, 4) is 23.0 Å². The summed E-state index contributed by atoms with van der Waals surface area (Å²) >= 11 is 0. The third-order valence-corrected chi connectivity index (χ3v) is 6.00. The number of likely N-dealkylation sites (tertiary alicyclic amines) is 1. The van der Waals surface area contributed by atoms with Crippen LogP contribution in [-0.2, 0) is 4.79 Å². The van der Waals surface area contributed by atoms with Crippen molar-refractivity contribution in [2.75, 3.05) is 27.3 Å². The van der Waals surface area contributed by atoms with E-state index in [4.69, 9.17) is 18.9 Å². The van der Waals surface area contributed by atoms with Gasteiger partial charge < -0.3 is 23.8 Å². The molecule has 4 rings (SSSR count). The molecule has 31 heavy (non-hydrogen) atoms. The number of ether oxygens (including phenoxy) is 4. The highest BCUT2D eigenvalue weighted by atomic mass is 16.5. The van der Waals surface area contributed by atoms with Gasteiger partial charge in [0.1, 0.15) is 28.6 Å². The Labute approximate surface area is 181 Å². The van der Waals surface area contributed by atoms with Crippen LogP contribution in [0.4, 0.5) is 0 Å². The Hall–Kier alpha value is -3.22. The molecule has 1 atom stereocenters. The third-order valence-electron chi connectivity index (χ3n) is 6.00. The van der Waals surface area contributed by atoms with Crippen molar-refractivity contribution >= 4 is 11.7 Å². The summed E-state index contributed by atoms with van der Waals surface area (Å²) in [7, 11) is 3.17. The van der Waals surface area contributed by atoms with E-state index in [1.807, 2.05) is 0 Å². The van der Waals surface area contributed by atoms with Gasteiger partial charge in [-0.15, -0.1) is 0 Å². The van der Waals surface area contributed by atoms with Gasteiger partial charge in [0.05, 0.1) is 26.2 Å². The molecule has 2 aromatic carbocycles. The van der Waals surface area contributed by atoms with E-state index >= 15 is 0 Å². The first kappa shape index (κ1) is 21.0. The lowest BCUT2D eigenvalue weighted by molar-refractivity contribution is -0.141. The number of hydrogen-bond donors (Lipinski definition) is 0. The van der Waals surface area contributed by atoms with Crippen LogP contribution in [0.25, 0.3) is 0 Å². The van der Waals surface area contributed by atoms with Crippen molar-refractivity contribution in [1.82, 2.24) is 4.90 Å². The molecule has 0 bridgehead atoms. The van der Waals surface area contributed by atoms with Gasteiger partial charge in [0.2, 0.25) is 0 Å². The van der Waals surface area contributed by atoms with Gasteiger partial charge in [-0.25, -0.2) is 0 Å². The molecule has 2 aromatic rings. The predicted molar refractivity (Wildman–Crippen MR) is 114 cm³/mol. The fourth-order valence-electron chi connectivity index (χ4n) is 4.18. The molecule has 164 valence electrons. The van der Waals surface area contributed by atoms with E-state index in [-0.39, 0.29) is 11.7 Å². The molecule has 0 saturated carbocycles. The fraction of sp³-hybridized carbons (Fsp3) is 0.417. The fourth-order valence-corrected chi connectivity index (χ4v) is 4.18. The van der Waals surface area contributed by atoms with Crippen LogP contribution in [0, 0.1) is 0 Å². The first-order valence-electron chi connectivity index (χ1n) is 10.4. The van der Waals surface area contributed by atoms with Crippen LogP contribution in [0.3, 0.4) is 0 Å². The number of amides is 1. The van der Waals surface area contributed by atoms with Gasteiger partial charge in [-0.05, 0) is 49.4 Å². The standard InChI is InChI=1S/C24H27NO6/c1-16(30-18-6-4-17(28-2)5-7-18)23(27)25-12-10-24(11-13-25)15-21(26)20-14-19(29-3)8-9-22(20)31-24/h4-9,14,16H,10-13,15H2,1-3H3. The highest BCUT2D eigenvalue weighted by molar-refractivity contribution is 6.00. The maximum Gasteiger partial charge on any atom is 0.263 e. The van der Waals surface area contributed by atoms with Crippen LogP contribution < -0.4 is 18.9 Å². The van der Waals surface area contributed by atoms with Crippen molar-refractivity contribution in [2.45, 2.75) is 37.9 Å². The number of piperidine rings is 1. The monoisotopic (exact) mass is 425 g/mol. The molecule has 1 unspecified atom stereocenters. The Bertz CT molecular complexity index is 963. The second-order valence-electron chi connectivity index (χ2n) is 8.01. The number of benzene rings is 2. The summed E-state index contributed by atoms with van der Waals surface area (Å²) in [6, 6.07) is 12.5. The average molecular weight is 425 g/mol. The van der Waals surface area contributed by atoms with Crippen molar-refractivity contribution < 1.29 is 28.5 Å². The minimum absolute atomic E-state index is 0.0520. The van der Waals surface area contributed by atoms with E-state index in [0.29, 0.717) is 55.2 Å². The minimum atomic E-state index is -0.607. The van der Waals surface area contributed by atoms with Gasteiger partial charge >= 0.3 is 0 Å². The Kier molecular flexibility index (Phi) is 5.76. The Balaban J connectivity index is 1.37. The molecule has 0 aliphatic carbocycles. The van der Waals surface area contributed by atoms with Crippen LogP contribution in [0.5, 0.6) is 23.0 Å². The lowest BCUT2D eigenvalue weighted by atomic mass is 9.82. The molecule has 1 amide bonds. The summed E-state index contributed by atoms with van der Waals surface area (Å²) in [5.74, 6) is 2.55. The Morgan fingerprint density at radius 3 is 2.26 bits per heavy atom. The number of fused-ring (bicyclic) bond motifs is 1. The maximum absolute atomic E-state index is 12.9. The zero-order chi connectivity index (χ0) is 22.0. The molecule has 0 N–H and O–H groups in total. The number of nitrogens with zero attached hydrogens (tertiary/aromatic N) is 1. The lowest BCUT2D eigenvalue weighted by Gasteiger charge is -2.44. The van der Waals surface area contributed by atoms with Crippen LogP contribution in [0.2, 0.25) is 0 Å². The van der Waals surface area contributed by atoms with E-state index in [1.165, 1.54) is 0 Å². The first-order chi connectivity index (χ1) is 14.9. The molecule has 1 fully saturated rings. The minimum Gasteiger partial charge on any atom is -0.497 e. The van der Waals surface area contributed by atoms with Gasteiger partial charge in [-0.3, -0.25) is 9.59 Å². The largest absolute Gasteiger partial charge is 0.497 e. The lowest BCUT2D eigenvalue weighted by Crippen LogP contribution is -2.54. The maximum atomic E-state index is 12.9. The second kappa shape index (κ2) is 8.49. The van der Waals surface area contributed by atoms with E-state index in [2.05, 4.69) is 0 Å². The molecule has 2 aliphatic rings. The average Bonchev–Trinajstić information content (AvgIpc) is 2.79. The van der Waals surface area contributed by atoms with E-state index in [1.54, 1.807) is 68.5 Å². The molecule has 2 heterocycles. The van der Waals surface area contributed by atoms with Gasteiger partial charge in [0.15, 0.2) is 11.9 Å². The molecule has 7 heteroatoms. The molecule has 7 nitrogen and oxygen atoms in total. The highest BCUT2D eigenvalue weighted by Gasteiger charge is 2.44. The van der Waals surface area contributed by atoms with E-state index < -0.39 is 11.7 Å². The van der Waals surface area contributed by atoms with Crippen molar-refractivity contribution in [3.63, 3.8) is 0 Å². The Morgan fingerprint density at radius 2 is 1.61 bits per heavy atom. The van der Waals surface area contributed by atoms with Gasteiger partial charge in [0, 0.05) is 25.9 Å². The number of carbonyl (C=O) groups excluding carboxylic acids is 2. The molecular formula is C24H27NO6. The second-order valence-corrected chi connectivity index (χ2v) is 8.01. The Morgan fingerprint density at radius 1 is 1.00 bits per heavy atom. The van der Waals surface area contributed by atoms with Gasteiger partial charge in [-0.1, -0.05) is 0 Å². The zero-order valence-corrected chi connectivity index (χ0v) is 18.1. The number of carbonyl (C=O) groups is 2. The highest BCUT2D eigenvalue weighted by Crippen LogP contribution is 2.40. The summed E-state index contributed by atoms with van der Waals surface area (Å²) in [5.41, 5.74) is 0.000191. The number of methoxy groups -OCH3 is 2. The van der Waals surface area contributed by atoms with E-state index in [9.17, 15) is 9.59 Å². The molecule has 1 saturated heterocycles. The van der Waals surface area contributed by atoms with Crippen LogP contribution in [0.1, 0.15) is 36.5 Å². The SMILES string of the molecule is COc1ccc(OC(C)C(=O)N2CCC3(CC2)CC(=O)c2cc(OC)ccc2O3)cc1. The predicted octanol–water partition coefficient (Wildman–Crippen LogP) is 3.50. The summed E-state index contributed by atoms with van der Waals surface area (Å²) in [6.45, 7) is 2.79. The van der Waals surface area contributed by atoms with E-state index in [0.717, 1.165) is 5.75 Å². The zero-order valence-electron chi connectivity index (χ0n) is 18.1. The molecule has 1 spiro atoms. The normalized spacial score (nSPS) is 18.0. The number of hydrogen-bond acceptors (Lipinski definition) is 6. The summed E-state index contributed by atoms with van der Waals surface area (Å²) in [6.07, 6.45) is 0.910. The molecule has 0 aromatic heterocycles. The summed E-state index contributed by atoms with van der Waals surface area (Å²) < 4.78 is 22.4. The summed E-state index contributed by atoms with van der Waals surface area (Å²) in [5, 5.41) is 0. The smallest absolute Gasteiger partial charge is 0.263 e. The summed E-state index contributed by atoms with van der Waals surface area (Å²) in [4.78, 5) is 27.4.